The highest BCUT2D eigenvalue weighted by atomic mass is 127. The van der Waals surface area contributed by atoms with E-state index in [0.29, 0.717) is 0 Å². The molecule has 0 aliphatic carbocycles. The van der Waals surface area contributed by atoms with Crippen LogP contribution in [-0.2, 0) is 0 Å². The topological polar surface area (TPSA) is 17.1 Å². The van der Waals surface area contributed by atoms with Crippen LogP contribution >= 0.6 is 38.5 Å². The van der Waals surface area contributed by atoms with Crippen molar-refractivity contribution in [3.63, 3.8) is 0 Å². The fourth-order valence-electron chi connectivity index (χ4n) is 2.34. The molecule has 2 aromatic carbocycles. The molecule has 0 atom stereocenters. The van der Waals surface area contributed by atoms with Gasteiger partial charge in [0.15, 0.2) is 5.78 Å². The lowest BCUT2D eigenvalue weighted by Crippen LogP contribution is -2.08. The second kappa shape index (κ2) is 5.75. The van der Waals surface area contributed by atoms with Crippen LogP contribution in [0, 0.1) is 24.3 Å². The van der Waals surface area contributed by atoms with E-state index in [9.17, 15) is 4.79 Å². The average molecular weight is 429 g/mol. The lowest BCUT2D eigenvalue weighted by atomic mass is 9.93. The molecule has 0 saturated carbocycles. The fraction of sp³-hybridized carbons (Fsp3) is 0.188. The fourth-order valence-corrected chi connectivity index (χ4v) is 3.26. The first kappa shape index (κ1) is 14.7. The zero-order chi connectivity index (χ0) is 14.2. The maximum atomic E-state index is 12.7. The Balaban J connectivity index is 2.59. The molecular formula is C16H14BrIO. The Morgan fingerprint density at radius 2 is 1.63 bits per heavy atom. The van der Waals surface area contributed by atoms with E-state index in [2.05, 4.69) is 57.6 Å². The summed E-state index contributed by atoms with van der Waals surface area (Å²) in [5.74, 6) is 0.0837. The van der Waals surface area contributed by atoms with Gasteiger partial charge in [-0.2, -0.15) is 0 Å². The van der Waals surface area contributed by atoms with Crippen molar-refractivity contribution in [2.45, 2.75) is 20.8 Å². The Kier molecular flexibility index (Phi) is 4.46. The van der Waals surface area contributed by atoms with E-state index in [-0.39, 0.29) is 5.78 Å². The van der Waals surface area contributed by atoms with Gasteiger partial charge in [0.05, 0.1) is 0 Å². The number of ketones is 1. The normalized spacial score (nSPS) is 10.6. The van der Waals surface area contributed by atoms with Crippen molar-refractivity contribution in [2.75, 3.05) is 0 Å². The highest BCUT2D eigenvalue weighted by Gasteiger charge is 2.17. The van der Waals surface area contributed by atoms with Gasteiger partial charge in [-0.05, 0) is 72.7 Å². The molecule has 0 bridgehead atoms. The van der Waals surface area contributed by atoms with Gasteiger partial charge in [0.25, 0.3) is 0 Å². The minimum absolute atomic E-state index is 0.0837. The van der Waals surface area contributed by atoms with Gasteiger partial charge < -0.3 is 0 Å². The monoisotopic (exact) mass is 428 g/mol. The van der Waals surface area contributed by atoms with Crippen molar-refractivity contribution < 1.29 is 4.79 Å². The summed E-state index contributed by atoms with van der Waals surface area (Å²) in [5, 5.41) is 0. The molecule has 19 heavy (non-hydrogen) atoms. The molecule has 98 valence electrons. The third-order valence-corrected chi connectivity index (χ3v) is 4.44. The van der Waals surface area contributed by atoms with Crippen molar-refractivity contribution in [1.82, 2.24) is 0 Å². The number of carbonyl (C=O) groups excluding carboxylic acids is 1. The standard InChI is InChI=1S/C16H14BrIO/c1-9-6-10(2)15(11(3)7-9)16(19)13-8-12(18)4-5-14(13)17/h4-8H,1-3H3. The molecule has 0 aliphatic heterocycles. The first-order valence-electron chi connectivity index (χ1n) is 5.97. The zero-order valence-corrected chi connectivity index (χ0v) is 14.8. The molecule has 0 radical (unpaired) electrons. The van der Waals surface area contributed by atoms with Gasteiger partial charge in [-0.25, -0.2) is 0 Å². The summed E-state index contributed by atoms with van der Waals surface area (Å²) in [6, 6.07) is 9.94. The van der Waals surface area contributed by atoms with Crippen molar-refractivity contribution >= 4 is 44.3 Å². The van der Waals surface area contributed by atoms with Crippen LogP contribution in [0.5, 0.6) is 0 Å². The SMILES string of the molecule is Cc1cc(C)c(C(=O)c2cc(I)ccc2Br)c(C)c1. The Morgan fingerprint density at radius 3 is 2.21 bits per heavy atom. The van der Waals surface area contributed by atoms with Crippen LogP contribution in [0.15, 0.2) is 34.8 Å². The first-order valence-corrected chi connectivity index (χ1v) is 7.85. The summed E-state index contributed by atoms with van der Waals surface area (Å²) in [4.78, 5) is 12.7. The highest BCUT2D eigenvalue weighted by molar-refractivity contribution is 14.1. The summed E-state index contributed by atoms with van der Waals surface area (Å²) < 4.78 is 1.91. The maximum absolute atomic E-state index is 12.7. The summed E-state index contributed by atoms with van der Waals surface area (Å²) in [5.41, 5.74) is 4.80. The molecule has 1 nitrogen and oxygen atoms in total. The van der Waals surface area contributed by atoms with Crippen LogP contribution in [0.25, 0.3) is 0 Å². The van der Waals surface area contributed by atoms with Gasteiger partial charge >= 0.3 is 0 Å². The van der Waals surface area contributed by atoms with E-state index in [1.807, 2.05) is 32.0 Å². The third kappa shape index (κ3) is 3.08. The minimum atomic E-state index is 0.0837. The average Bonchev–Trinajstić information content (AvgIpc) is 2.30. The van der Waals surface area contributed by atoms with Gasteiger partial charge in [0.1, 0.15) is 0 Å². The number of rotatable bonds is 2. The molecule has 0 saturated heterocycles. The first-order chi connectivity index (χ1) is 8.90. The van der Waals surface area contributed by atoms with Crippen LogP contribution < -0.4 is 0 Å². The minimum Gasteiger partial charge on any atom is -0.289 e. The molecule has 2 aromatic rings. The van der Waals surface area contributed by atoms with Crippen molar-refractivity contribution in [1.29, 1.82) is 0 Å². The van der Waals surface area contributed by atoms with E-state index in [0.717, 1.165) is 30.3 Å². The number of aryl methyl sites for hydroxylation is 3. The van der Waals surface area contributed by atoms with E-state index < -0.39 is 0 Å². The Bertz CT molecular complexity index is 639. The lowest BCUT2D eigenvalue weighted by Gasteiger charge is -2.11. The van der Waals surface area contributed by atoms with Crippen LogP contribution in [0.3, 0.4) is 0 Å². The molecule has 0 fully saturated rings. The Labute approximate surface area is 135 Å². The second-order valence-electron chi connectivity index (χ2n) is 4.73. The van der Waals surface area contributed by atoms with E-state index in [4.69, 9.17) is 0 Å². The number of halogens is 2. The van der Waals surface area contributed by atoms with Gasteiger partial charge in [0.2, 0.25) is 0 Å². The summed E-state index contributed by atoms with van der Waals surface area (Å²) in [6.45, 7) is 6.04. The second-order valence-corrected chi connectivity index (χ2v) is 6.83. The predicted octanol–water partition coefficient (Wildman–Crippen LogP) is 5.21. The summed E-state index contributed by atoms with van der Waals surface area (Å²) >= 11 is 5.69. The number of hydrogen-bond acceptors (Lipinski definition) is 1. The van der Waals surface area contributed by atoms with Crippen molar-refractivity contribution in [3.05, 3.63) is 66.2 Å². The van der Waals surface area contributed by atoms with Gasteiger partial charge in [-0.3, -0.25) is 4.79 Å². The van der Waals surface area contributed by atoms with Crippen molar-refractivity contribution in [3.8, 4) is 0 Å². The van der Waals surface area contributed by atoms with E-state index >= 15 is 0 Å². The number of carbonyl (C=O) groups is 1. The summed E-state index contributed by atoms with van der Waals surface area (Å²) in [6.07, 6.45) is 0. The quantitative estimate of drug-likeness (QED) is 0.474. The molecule has 0 heterocycles. The highest BCUT2D eigenvalue weighted by Crippen LogP contribution is 2.26. The smallest absolute Gasteiger partial charge is 0.194 e. The molecule has 0 spiro atoms. The molecule has 3 heteroatoms. The molecule has 0 N–H and O–H groups in total. The summed E-state index contributed by atoms with van der Waals surface area (Å²) in [7, 11) is 0. The van der Waals surface area contributed by atoms with E-state index in [1.54, 1.807) is 0 Å². The van der Waals surface area contributed by atoms with Gasteiger partial charge in [0, 0.05) is 19.2 Å². The maximum Gasteiger partial charge on any atom is 0.194 e. The third-order valence-electron chi connectivity index (χ3n) is 3.08. The van der Waals surface area contributed by atoms with Crippen molar-refractivity contribution in [2.24, 2.45) is 0 Å². The zero-order valence-electron chi connectivity index (χ0n) is 11.1. The molecule has 0 aliphatic rings. The van der Waals surface area contributed by atoms with E-state index in [1.165, 1.54) is 5.56 Å². The van der Waals surface area contributed by atoms with Crippen LogP contribution in [0.2, 0.25) is 0 Å². The largest absolute Gasteiger partial charge is 0.289 e. The predicted molar refractivity (Wildman–Crippen MR) is 90.9 cm³/mol. The number of benzene rings is 2. The molecule has 2 rings (SSSR count). The molecule has 0 aromatic heterocycles. The van der Waals surface area contributed by atoms with Crippen LogP contribution in [0.1, 0.15) is 32.6 Å². The van der Waals surface area contributed by atoms with Crippen LogP contribution in [-0.4, -0.2) is 5.78 Å². The Morgan fingerprint density at radius 1 is 1.05 bits per heavy atom. The molecule has 0 amide bonds. The molecule has 0 unspecified atom stereocenters. The van der Waals surface area contributed by atoms with Gasteiger partial charge in [-0.15, -0.1) is 0 Å². The lowest BCUT2D eigenvalue weighted by molar-refractivity contribution is 0.103. The van der Waals surface area contributed by atoms with Gasteiger partial charge in [-0.1, -0.05) is 33.6 Å². The van der Waals surface area contributed by atoms with Crippen LogP contribution in [0.4, 0.5) is 0 Å². The number of hydrogen-bond donors (Lipinski definition) is 0. The molecular weight excluding hydrogens is 415 g/mol. The Hall–Kier alpha value is -0.680.